The van der Waals surface area contributed by atoms with Crippen molar-refractivity contribution in [2.24, 2.45) is 11.0 Å². The maximum atomic E-state index is 11.2. The highest BCUT2D eigenvalue weighted by molar-refractivity contribution is 7.57. The zero-order valence-corrected chi connectivity index (χ0v) is 7.70. The van der Waals surface area contributed by atoms with Crippen LogP contribution in [0.4, 0.5) is 0 Å². The van der Waals surface area contributed by atoms with Gasteiger partial charge in [-0.25, -0.2) is 0 Å². The number of nitrogens with two attached hydrogens (primary N) is 2. The fourth-order valence-corrected chi connectivity index (χ4v) is 1.26. The Morgan fingerprint density at radius 1 is 1.23 bits per heavy atom. The van der Waals surface area contributed by atoms with Crippen molar-refractivity contribution in [1.82, 2.24) is 5.09 Å². The summed E-state index contributed by atoms with van der Waals surface area (Å²) < 4.78 is 10.8. The number of carbonyl (C=O) groups excluding carboxylic acids is 1. The Bertz CT molecular complexity index is 346. The van der Waals surface area contributed by atoms with Gasteiger partial charge in [-0.2, -0.15) is 0 Å². The molecule has 0 aromatic heterocycles. The molecular formula is C7H10N3O2P. The number of benzene rings is 1. The van der Waals surface area contributed by atoms with Crippen LogP contribution in [0.1, 0.15) is 10.4 Å². The number of hydrogen-bond donors (Lipinski definition) is 3. The maximum Gasteiger partial charge on any atom is 0.300 e. The van der Waals surface area contributed by atoms with Crippen molar-refractivity contribution in [2.75, 3.05) is 0 Å². The molecule has 0 aliphatic carbocycles. The molecule has 0 saturated heterocycles. The summed E-state index contributed by atoms with van der Waals surface area (Å²) >= 11 is 0. The molecule has 0 aliphatic heterocycles. The van der Waals surface area contributed by atoms with Gasteiger partial charge < -0.3 is 0 Å². The van der Waals surface area contributed by atoms with Gasteiger partial charge in [0.25, 0.3) is 5.91 Å². The molecule has 0 radical (unpaired) electrons. The molecule has 1 aromatic rings. The largest absolute Gasteiger partial charge is 0.300 e. The first kappa shape index (κ1) is 9.92. The molecule has 5 nitrogen and oxygen atoms in total. The Labute approximate surface area is 75.6 Å². The third-order valence-electron chi connectivity index (χ3n) is 1.31. The summed E-state index contributed by atoms with van der Waals surface area (Å²) in [6.45, 7) is 0. The van der Waals surface area contributed by atoms with Gasteiger partial charge in [0.1, 0.15) is 0 Å². The van der Waals surface area contributed by atoms with Gasteiger partial charge in [-0.1, -0.05) is 18.2 Å². The quantitative estimate of drug-likeness (QED) is 0.602. The molecule has 6 heteroatoms. The Morgan fingerprint density at radius 3 is 2.23 bits per heavy atom. The van der Waals surface area contributed by atoms with Crippen molar-refractivity contribution in [3.8, 4) is 0 Å². The second-order valence-electron chi connectivity index (χ2n) is 2.52. The van der Waals surface area contributed by atoms with E-state index in [2.05, 4.69) is 0 Å². The van der Waals surface area contributed by atoms with E-state index in [9.17, 15) is 9.36 Å². The maximum absolute atomic E-state index is 11.2. The molecule has 1 rings (SSSR count). The number of carbonyl (C=O) groups is 1. The molecule has 0 unspecified atom stereocenters. The first-order valence-electron chi connectivity index (χ1n) is 3.54. The molecule has 0 aliphatic rings. The molecule has 13 heavy (non-hydrogen) atoms. The van der Waals surface area contributed by atoms with Crippen molar-refractivity contribution in [3.63, 3.8) is 0 Å². The Morgan fingerprint density at radius 2 is 1.77 bits per heavy atom. The van der Waals surface area contributed by atoms with Crippen LogP contribution in [0.3, 0.4) is 0 Å². The average Bonchev–Trinajstić information content (AvgIpc) is 2.03. The van der Waals surface area contributed by atoms with Crippen molar-refractivity contribution in [1.29, 1.82) is 0 Å². The van der Waals surface area contributed by atoms with Gasteiger partial charge in [0.05, 0.1) is 0 Å². The molecule has 70 valence electrons. The zero-order valence-electron chi connectivity index (χ0n) is 6.81. The van der Waals surface area contributed by atoms with E-state index in [4.69, 9.17) is 11.0 Å². The lowest BCUT2D eigenvalue weighted by molar-refractivity contribution is 0.0980. The number of nitrogens with one attached hydrogen (secondary N) is 1. The standard InChI is InChI=1S/C7H10N3O2P/c8-13(9,12)10-7(11)6-4-2-1-3-5-6/h1-5H,(H5,8,9,10,11,12). The lowest BCUT2D eigenvalue weighted by Gasteiger charge is -2.07. The summed E-state index contributed by atoms with van der Waals surface area (Å²) in [7, 11) is -3.49. The third-order valence-corrected chi connectivity index (χ3v) is 1.86. The predicted octanol–water partition coefficient (Wildman–Crippen LogP) is 0.442. The van der Waals surface area contributed by atoms with Gasteiger partial charge in [-0.15, -0.1) is 0 Å². The molecule has 0 atom stereocenters. The highest BCUT2D eigenvalue weighted by Crippen LogP contribution is 2.18. The van der Waals surface area contributed by atoms with Crippen molar-refractivity contribution < 1.29 is 9.36 Å². The minimum absolute atomic E-state index is 0.374. The first-order chi connectivity index (χ1) is 5.99. The fraction of sp³-hybridized carbons (Fsp3) is 0. The van der Waals surface area contributed by atoms with E-state index in [1.165, 1.54) is 0 Å². The van der Waals surface area contributed by atoms with Gasteiger partial charge in [0.15, 0.2) is 0 Å². The fourth-order valence-electron chi connectivity index (χ4n) is 0.813. The van der Waals surface area contributed by atoms with E-state index >= 15 is 0 Å². The van der Waals surface area contributed by atoms with Gasteiger partial charge >= 0.3 is 7.59 Å². The molecule has 0 bridgehead atoms. The topological polar surface area (TPSA) is 98.2 Å². The molecule has 0 spiro atoms. The highest BCUT2D eigenvalue weighted by Gasteiger charge is 2.13. The van der Waals surface area contributed by atoms with Gasteiger partial charge in [-0.05, 0) is 12.1 Å². The van der Waals surface area contributed by atoms with Crippen LogP contribution in [-0.2, 0) is 4.57 Å². The van der Waals surface area contributed by atoms with E-state index in [-0.39, 0.29) is 0 Å². The van der Waals surface area contributed by atoms with Crippen LogP contribution in [0.2, 0.25) is 0 Å². The van der Waals surface area contributed by atoms with Crippen LogP contribution in [0.15, 0.2) is 30.3 Å². The number of hydrogen-bond acceptors (Lipinski definition) is 2. The smallest absolute Gasteiger partial charge is 0.279 e. The minimum atomic E-state index is -3.49. The van der Waals surface area contributed by atoms with E-state index in [0.717, 1.165) is 0 Å². The van der Waals surface area contributed by atoms with Gasteiger partial charge in [-0.3, -0.25) is 25.5 Å². The monoisotopic (exact) mass is 199 g/mol. The van der Waals surface area contributed by atoms with Crippen molar-refractivity contribution in [2.45, 2.75) is 0 Å². The van der Waals surface area contributed by atoms with Crippen LogP contribution in [0.25, 0.3) is 0 Å². The average molecular weight is 199 g/mol. The number of rotatable bonds is 2. The Hall–Kier alpha value is -1.16. The van der Waals surface area contributed by atoms with E-state index in [1.54, 1.807) is 30.3 Å². The van der Waals surface area contributed by atoms with E-state index in [1.807, 2.05) is 5.09 Å². The summed E-state index contributed by atoms with van der Waals surface area (Å²) in [4.78, 5) is 11.2. The van der Waals surface area contributed by atoms with E-state index in [0.29, 0.717) is 5.56 Å². The molecule has 1 aromatic carbocycles. The van der Waals surface area contributed by atoms with Crippen LogP contribution in [0.5, 0.6) is 0 Å². The molecule has 0 heterocycles. The van der Waals surface area contributed by atoms with Crippen molar-refractivity contribution >= 4 is 13.5 Å². The number of amides is 1. The normalized spacial score (nSPS) is 10.9. The van der Waals surface area contributed by atoms with Crippen LogP contribution in [-0.4, -0.2) is 5.91 Å². The second-order valence-corrected chi connectivity index (χ2v) is 4.16. The van der Waals surface area contributed by atoms with Crippen molar-refractivity contribution in [3.05, 3.63) is 35.9 Å². The van der Waals surface area contributed by atoms with E-state index < -0.39 is 13.5 Å². The van der Waals surface area contributed by atoms with Gasteiger partial charge in [0.2, 0.25) is 0 Å². The lowest BCUT2D eigenvalue weighted by atomic mass is 10.2. The van der Waals surface area contributed by atoms with Gasteiger partial charge in [0, 0.05) is 5.56 Å². The summed E-state index contributed by atoms with van der Waals surface area (Å²) in [5, 5.41) is 2.01. The molecule has 0 fully saturated rings. The minimum Gasteiger partial charge on any atom is -0.279 e. The zero-order chi connectivity index (χ0) is 9.90. The molecule has 0 saturated carbocycles. The predicted molar refractivity (Wildman–Crippen MR) is 49.9 cm³/mol. The first-order valence-corrected chi connectivity index (χ1v) is 5.38. The molecular weight excluding hydrogens is 189 g/mol. The Balaban J connectivity index is 2.76. The third kappa shape index (κ3) is 3.38. The highest BCUT2D eigenvalue weighted by atomic mass is 31.2. The summed E-state index contributed by atoms with van der Waals surface area (Å²) in [5.74, 6) is -0.533. The Kier molecular flexibility index (Phi) is 2.83. The second kappa shape index (κ2) is 3.70. The van der Waals surface area contributed by atoms with Crippen LogP contribution < -0.4 is 16.1 Å². The SMILES string of the molecule is NP(N)(=O)NC(=O)c1ccccc1. The summed E-state index contributed by atoms with van der Waals surface area (Å²) in [5.41, 5.74) is 10.3. The summed E-state index contributed by atoms with van der Waals surface area (Å²) in [6, 6.07) is 8.29. The molecule has 5 N–H and O–H groups in total. The molecule has 1 amide bonds. The van der Waals surface area contributed by atoms with Crippen LogP contribution in [0, 0.1) is 0 Å². The van der Waals surface area contributed by atoms with Crippen LogP contribution >= 0.6 is 7.59 Å². The lowest BCUT2D eigenvalue weighted by Crippen LogP contribution is -2.28. The summed E-state index contributed by atoms with van der Waals surface area (Å²) in [6.07, 6.45) is 0.